The van der Waals surface area contributed by atoms with Gasteiger partial charge in [0.05, 0.1) is 6.54 Å². The molecule has 1 N–H and O–H groups in total. The summed E-state index contributed by atoms with van der Waals surface area (Å²) in [5.74, 6) is -0.284. The summed E-state index contributed by atoms with van der Waals surface area (Å²) in [6.07, 6.45) is 9.26. The van der Waals surface area contributed by atoms with Gasteiger partial charge in [0.1, 0.15) is 4.21 Å². The largest absolute Gasteiger partial charge is 0.355 e. The first kappa shape index (κ1) is 18.9. The van der Waals surface area contributed by atoms with Gasteiger partial charge >= 0.3 is 0 Å². The lowest BCUT2D eigenvalue weighted by molar-refractivity contribution is -0.121. The van der Waals surface area contributed by atoms with Crippen molar-refractivity contribution in [3.05, 3.63) is 41.8 Å². The van der Waals surface area contributed by atoms with Crippen LogP contribution in [0.25, 0.3) is 0 Å². The number of carbonyl (C=O) groups excluding carboxylic acids is 1. The molecule has 0 bridgehead atoms. The molecular weight excluding hydrogens is 344 g/mol. The summed E-state index contributed by atoms with van der Waals surface area (Å²) >= 11 is 1.14. The first-order valence-corrected chi connectivity index (χ1v) is 10.4. The molecule has 1 amide bonds. The van der Waals surface area contributed by atoms with Gasteiger partial charge in [-0.3, -0.25) is 4.79 Å². The van der Waals surface area contributed by atoms with Crippen LogP contribution >= 0.6 is 11.3 Å². The number of rotatable bonds is 9. The van der Waals surface area contributed by atoms with E-state index in [2.05, 4.69) is 18.0 Å². The fraction of sp³-hybridized carbons (Fsp3) is 0.471. The highest BCUT2D eigenvalue weighted by atomic mass is 32.2. The van der Waals surface area contributed by atoms with Crippen LogP contribution in [0, 0.1) is 0 Å². The van der Waals surface area contributed by atoms with E-state index in [1.54, 1.807) is 17.5 Å². The van der Waals surface area contributed by atoms with E-state index in [-0.39, 0.29) is 23.2 Å². The molecule has 0 saturated carbocycles. The Bertz CT molecular complexity index is 679. The highest BCUT2D eigenvalue weighted by Crippen LogP contribution is 2.21. The minimum atomic E-state index is -3.65. The van der Waals surface area contributed by atoms with Crippen LogP contribution in [0.5, 0.6) is 0 Å². The van der Waals surface area contributed by atoms with Crippen molar-refractivity contribution in [3.63, 3.8) is 0 Å². The van der Waals surface area contributed by atoms with Gasteiger partial charge in [0.25, 0.3) is 10.0 Å². The maximum Gasteiger partial charge on any atom is 0.253 e. The molecule has 24 heavy (non-hydrogen) atoms. The molecule has 1 aromatic rings. The molecule has 5 nitrogen and oxygen atoms in total. The average molecular weight is 369 g/mol. The molecule has 0 unspecified atom stereocenters. The Morgan fingerprint density at radius 3 is 2.88 bits per heavy atom. The number of nitrogens with zero attached hydrogens (tertiary/aromatic N) is 1. The van der Waals surface area contributed by atoms with E-state index in [9.17, 15) is 13.2 Å². The molecule has 0 aliphatic heterocycles. The minimum absolute atomic E-state index is 0.110. The fourth-order valence-electron chi connectivity index (χ4n) is 2.64. The Hall–Kier alpha value is -1.44. The van der Waals surface area contributed by atoms with Gasteiger partial charge < -0.3 is 5.32 Å². The molecule has 2 rings (SSSR count). The smallest absolute Gasteiger partial charge is 0.253 e. The third-order valence-electron chi connectivity index (χ3n) is 3.90. The van der Waals surface area contributed by atoms with E-state index in [0.29, 0.717) is 6.54 Å². The van der Waals surface area contributed by atoms with Crippen LogP contribution in [0.15, 0.2) is 46.0 Å². The summed E-state index contributed by atoms with van der Waals surface area (Å²) in [5, 5.41) is 4.52. The van der Waals surface area contributed by atoms with Gasteiger partial charge in [-0.05, 0) is 43.6 Å². The summed E-state index contributed by atoms with van der Waals surface area (Å²) in [7, 11) is -3.65. The maximum atomic E-state index is 12.5. The molecular formula is C17H24N2O3S2. The normalized spacial score (nSPS) is 15.1. The molecule has 1 aromatic heterocycles. The molecule has 0 saturated heterocycles. The lowest BCUT2D eigenvalue weighted by Gasteiger charge is -2.19. The van der Waals surface area contributed by atoms with Crippen LogP contribution in [-0.2, 0) is 14.8 Å². The third-order valence-corrected chi connectivity index (χ3v) is 7.08. The predicted octanol–water partition coefficient (Wildman–Crippen LogP) is 2.93. The van der Waals surface area contributed by atoms with Gasteiger partial charge in [-0.2, -0.15) is 4.31 Å². The highest BCUT2D eigenvalue weighted by molar-refractivity contribution is 7.91. The van der Waals surface area contributed by atoms with E-state index in [4.69, 9.17) is 0 Å². The van der Waals surface area contributed by atoms with E-state index in [1.165, 1.54) is 24.5 Å². The quantitative estimate of drug-likeness (QED) is 0.682. The van der Waals surface area contributed by atoms with Gasteiger partial charge in [-0.15, -0.1) is 17.9 Å². The lowest BCUT2D eigenvalue weighted by Crippen LogP contribution is -2.40. The second-order valence-electron chi connectivity index (χ2n) is 5.73. The van der Waals surface area contributed by atoms with Gasteiger partial charge in [0.2, 0.25) is 5.91 Å². The second-order valence-corrected chi connectivity index (χ2v) is 8.84. The van der Waals surface area contributed by atoms with Gasteiger partial charge in [0.15, 0.2) is 0 Å². The number of thiophene rings is 1. The number of hydrogen-bond acceptors (Lipinski definition) is 4. The number of carbonyl (C=O) groups is 1. The van der Waals surface area contributed by atoms with Crippen molar-refractivity contribution in [3.8, 4) is 0 Å². The van der Waals surface area contributed by atoms with Gasteiger partial charge in [-0.25, -0.2) is 8.42 Å². The van der Waals surface area contributed by atoms with Gasteiger partial charge in [-0.1, -0.05) is 23.8 Å². The number of sulfonamides is 1. The van der Waals surface area contributed by atoms with Crippen LogP contribution in [0.3, 0.4) is 0 Å². The standard InChI is InChI=1S/C17H24N2O3S2/c1-2-12-19(24(21,22)17-9-6-13-23-17)14-16(20)18-11-10-15-7-4-3-5-8-15/h2,6-7,9,13H,1,3-5,8,10-12,14H2,(H,18,20). The molecule has 0 aromatic carbocycles. The Kier molecular flexibility index (Phi) is 7.20. The van der Waals surface area contributed by atoms with Gasteiger partial charge in [0, 0.05) is 13.1 Å². The van der Waals surface area contributed by atoms with Crippen LogP contribution in [0.2, 0.25) is 0 Å². The zero-order chi connectivity index (χ0) is 17.4. The summed E-state index contributed by atoms with van der Waals surface area (Å²) in [5.41, 5.74) is 1.38. The first-order valence-electron chi connectivity index (χ1n) is 8.13. The molecule has 132 valence electrons. The monoisotopic (exact) mass is 368 g/mol. The summed E-state index contributed by atoms with van der Waals surface area (Å²) in [6.45, 7) is 4.05. The van der Waals surface area contributed by atoms with Crippen molar-refractivity contribution in [1.29, 1.82) is 0 Å². The van der Waals surface area contributed by atoms with Crippen molar-refractivity contribution < 1.29 is 13.2 Å². The molecule has 1 aliphatic carbocycles. The zero-order valence-electron chi connectivity index (χ0n) is 13.7. The van der Waals surface area contributed by atoms with Crippen LogP contribution in [0.4, 0.5) is 0 Å². The molecule has 0 spiro atoms. The molecule has 1 heterocycles. The second kappa shape index (κ2) is 9.15. The number of amides is 1. The van der Waals surface area contributed by atoms with Crippen LogP contribution in [0.1, 0.15) is 32.1 Å². The first-order chi connectivity index (χ1) is 11.5. The van der Waals surface area contributed by atoms with E-state index in [1.807, 2.05) is 0 Å². The molecule has 7 heteroatoms. The maximum absolute atomic E-state index is 12.5. The fourth-order valence-corrected chi connectivity index (χ4v) is 5.15. The third kappa shape index (κ3) is 5.29. The van der Waals surface area contributed by atoms with Crippen molar-refractivity contribution in [2.45, 2.75) is 36.3 Å². The predicted molar refractivity (Wildman–Crippen MR) is 97.5 cm³/mol. The van der Waals surface area contributed by atoms with E-state index < -0.39 is 10.0 Å². The minimum Gasteiger partial charge on any atom is -0.355 e. The Morgan fingerprint density at radius 1 is 1.42 bits per heavy atom. The van der Waals surface area contributed by atoms with Crippen molar-refractivity contribution in [1.82, 2.24) is 9.62 Å². The average Bonchev–Trinajstić information content (AvgIpc) is 3.11. The van der Waals surface area contributed by atoms with Crippen molar-refractivity contribution in [2.75, 3.05) is 19.6 Å². The Morgan fingerprint density at radius 2 is 2.25 bits per heavy atom. The van der Waals surface area contributed by atoms with Crippen LogP contribution < -0.4 is 5.32 Å². The summed E-state index contributed by atoms with van der Waals surface area (Å²) in [4.78, 5) is 12.1. The number of hydrogen-bond donors (Lipinski definition) is 1. The lowest BCUT2D eigenvalue weighted by atomic mass is 9.97. The van der Waals surface area contributed by atoms with Crippen LogP contribution in [-0.4, -0.2) is 38.3 Å². The SMILES string of the molecule is C=CCN(CC(=O)NCCC1=CCCCC1)S(=O)(=O)c1cccs1. The van der Waals surface area contributed by atoms with Crippen molar-refractivity contribution in [2.24, 2.45) is 0 Å². The highest BCUT2D eigenvalue weighted by Gasteiger charge is 2.26. The Balaban J connectivity index is 1.89. The molecule has 0 fully saturated rings. The van der Waals surface area contributed by atoms with E-state index >= 15 is 0 Å². The number of allylic oxidation sites excluding steroid dienone is 1. The van der Waals surface area contributed by atoms with Crippen molar-refractivity contribution >= 4 is 27.3 Å². The van der Waals surface area contributed by atoms with E-state index in [0.717, 1.165) is 34.9 Å². The topological polar surface area (TPSA) is 66.5 Å². The Labute approximate surface area is 148 Å². The molecule has 0 radical (unpaired) electrons. The zero-order valence-corrected chi connectivity index (χ0v) is 15.4. The molecule has 0 atom stereocenters. The molecule has 1 aliphatic rings. The summed E-state index contributed by atoms with van der Waals surface area (Å²) < 4.78 is 26.5. The summed E-state index contributed by atoms with van der Waals surface area (Å²) in [6, 6.07) is 3.23. The number of nitrogens with one attached hydrogen (secondary N) is 1.